The van der Waals surface area contributed by atoms with Crippen LogP contribution >= 0.6 is 7.94 Å². The molecule has 162 valence electrons. The van der Waals surface area contributed by atoms with Crippen molar-refractivity contribution < 1.29 is 24.7 Å². The molecule has 2 atom stereocenters. The lowest BCUT2D eigenvalue weighted by molar-refractivity contribution is -0.162. The smallest absolute Gasteiger partial charge is 0.341 e. The van der Waals surface area contributed by atoms with Crippen molar-refractivity contribution in [2.75, 3.05) is 6.61 Å². The fourth-order valence-electron chi connectivity index (χ4n) is 2.80. The van der Waals surface area contributed by atoms with Crippen molar-refractivity contribution in [3.8, 4) is 0 Å². The molecule has 6 nitrogen and oxygen atoms in total. The van der Waals surface area contributed by atoms with Gasteiger partial charge in [-0.05, 0) is 32.1 Å². The first kappa shape index (κ1) is 26.9. The number of aliphatic hydroxyl groups excluding tert-OH is 1. The summed E-state index contributed by atoms with van der Waals surface area (Å²) >= 11 is 0. The molecule has 0 spiro atoms. The Morgan fingerprint density at radius 3 is 1.93 bits per heavy atom. The lowest BCUT2D eigenvalue weighted by atomic mass is 10.1. The van der Waals surface area contributed by atoms with Crippen LogP contribution in [0.4, 0.5) is 0 Å². The fourth-order valence-corrected chi connectivity index (χ4v) is 3.70. The van der Waals surface area contributed by atoms with E-state index in [9.17, 15) is 14.5 Å². The largest absolute Gasteiger partial charge is 0.605 e. The molecule has 0 rings (SSSR count). The molecule has 0 aromatic rings. The Morgan fingerprint density at radius 1 is 0.929 bits per heavy atom. The molecule has 0 aliphatic heterocycles. The summed E-state index contributed by atoms with van der Waals surface area (Å²) in [6.07, 6.45) is 19.8. The monoisotopic (exact) mass is 415 g/mol. The van der Waals surface area contributed by atoms with Gasteiger partial charge in [-0.25, -0.2) is 9.59 Å². The van der Waals surface area contributed by atoms with Gasteiger partial charge in [0, 0.05) is 0 Å². The third-order valence-electron chi connectivity index (χ3n) is 4.57. The molecule has 0 amide bonds. The molecule has 0 aliphatic rings. The maximum Gasteiger partial charge on any atom is 0.341 e. The van der Waals surface area contributed by atoms with Gasteiger partial charge in [-0.15, -0.1) is 0 Å². The number of hydrogen-bond donors (Lipinski definition) is 2. The number of unbranched alkanes of at least 4 members (excludes halogenated alkanes) is 11. The summed E-state index contributed by atoms with van der Waals surface area (Å²) < 4.78 is 3.39. The van der Waals surface area contributed by atoms with E-state index in [4.69, 9.17) is 10.2 Å². The van der Waals surface area contributed by atoms with Gasteiger partial charge in [-0.2, -0.15) is 0 Å². The summed E-state index contributed by atoms with van der Waals surface area (Å²) in [5, 5.41) is 17.5. The van der Waals surface area contributed by atoms with Crippen molar-refractivity contribution in [3.05, 3.63) is 12.2 Å². The Balaban J connectivity index is 3.58. The predicted octanol–water partition coefficient (Wildman–Crippen LogP) is 4.94. The second-order valence-corrected chi connectivity index (χ2v) is 8.43. The number of allylic oxidation sites excluding steroid dienone is 2. The molecular weight excluding hydrogens is 377 g/mol. The molecule has 0 radical (unpaired) electrons. The van der Waals surface area contributed by atoms with E-state index in [1.165, 1.54) is 44.9 Å². The minimum absolute atomic E-state index is 0.147. The van der Waals surface area contributed by atoms with Crippen molar-refractivity contribution in [2.45, 2.75) is 103 Å². The molecule has 0 heterocycles. The number of aliphatic hydroxyl groups is 1. The number of aliphatic carboxylic acids is 1. The molecule has 0 aromatic carbocycles. The number of hydrogen-bond acceptors (Lipinski definition) is 5. The average Bonchev–Trinajstić information content (AvgIpc) is 2.68. The van der Waals surface area contributed by atoms with E-state index >= 15 is 0 Å². The summed E-state index contributed by atoms with van der Waals surface area (Å²) in [6, 6.07) is -1.48. The lowest BCUT2D eigenvalue weighted by Gasteiger charge is -2.01. The van der Waals surface area contributed by atoms with Gasteiger partial charge < -0.3 is 15.1 Å². The standard InChI is InChI=1S/C21H38NO5P/c1-2-3-4-5-6-7-8-9-10-11-12-13-14-15-16-17-20(24)28(27)22-19(18-23)21(25)26/h9-10,19,23H,2-8,11-18H2,1H3,(H,25,26)/t19-/m0/s1. The van der Waals surface area contributed by atoms with Crippen LogP contribution < -0.4 is 4.89 Å². The van der Waals surface area contributed by atoms with Crippen LogP contribution in [-0.2, 0) is 9.59 Å². The predicted molar refractivity (Wildman–Crippen MR) is 112 cm³/mol. The van der Waals surface area contributed by atoms with Gasteiger partial charge in [0.15, 0.2) is 0 Å². The van der Waals surface area contributed by atoms with E-state index in [0.29, 0.717) is 6.42 Å². The maximum atomic E-state index is 11.7. The highest BCUT2D eigenvalue weighted by Gasteiger charge is 2.22. The van der Waals surface area contributed by atoms with E-state index < -0.39 is 32.1 Å². The van der Waals surface area contributed by atoms with Crippen LogP contribution in [0.5, 0.6) is 0 Å². The Kier molecular flexibility index (Phi) is 18.5. The minimum Gasteiger partial charge on any atom is -0.605 e. The van der Waals surface area contributed by atoms with Crippen molar-refractivity contribution in [3.63, 3.8) is 0 Å². The fraction of sp³-hybridized carbons (Fsp3) is 0.810. The highest BCUT2D eigenvalue weighted by atomic mass is 31.1. The molecule has 7 heteroatoms. The second-order valence-electron chi connectivity index (χ2n) is 7.15. The molecule has 0 saturated heterocycles. The maximum absolute atomic E-state index is 11.7. The zero-order chi connectivity index (χ0) is 21.0. The van der Waals surface area contributed by atoms with Crippen LogP contribution in [0, 0.1) is 0 Å². The molecular formula is C21H38NO5P. The van der Waals surface area contributed by atoms with Crippen LogP contribution in [0.2, 0.25) is 0 Å². The van der Waals surface area contributed by atoms with Crippen molar-refractivity contribution in [2.24, 2.45) is 4.74 Å². The summed E-state index contributed by atoms with van der Waals surface area (Å²) in [4.78, 5) is 34.0. The number of carboxylic acid groups (broad SMARTS) is 1. The van der Waals surface area contributed by atoms with E-state index in [1.807, 2.05) is 0 Å². The molecule has 0 fully saturated rings. The summed E-state index contributed by atoms with van der Waals surface area (Å²) in [5.74, 6) is -1.38. The Bertz CT molecular complexity index is 479. The molecule has 0 aromatic heterocycles. The Morgan fingerprint density at radius 2 is 1.43 bits per heavy atom. The lowest BCUT2D eigenvalue weighted by Crippen LogP contribution is -2.22. The molecule has 1 unspecified atom stereocenters. The molecule has 0 aliphatic carbocycles. The van der Waals surface area contributed by atoms with Gasteiger partial charge in [0.2, 0.25) is 14.0 Å². The number of carbonyl (C=O) groups excluding carboxylic acids is 1. The zero-order valence-electron chi connectivity index (χ0n) is 17.4. The van der Waals surface area contributed by atoms with Crippen molar-refractivity contribution in [1.29, 1.82) is 0 Å². The van der Waals surface area contributed by atoms with Crippen LogP contribution in [0.15, 0.2) is 16.9 Å². The van der Waals surface area contributed by atoms with E-state index in [0.717, 1.165) is 32.1 Å². The van der Waals surface area contributed by atoms with Crippen LogP contribution in [-0.4, -0.2) is 34.4 Å². The summed E-state index contributed by atoms with van der Waals surface area (Å²) in [6.45, 7) is 1.48. The first-order chi connectivity index (χ1) is 13.5. The van der Waals surface area contributed by atoms with Crippen LogP contribution in [0.3, 0.4) is 0 Å². The number of rotatable bonds is 19. The van der Waals surface area contributed by atoms with Gasteiger partial charge in [0.25, 0.3) is 0 Å². The van der Waals surface area contributed by atoms with E-state index in [-0.39, 0.29) is 6.42 Å². The van der Waals surface area contributed by atoms with Crippen molar-refractivity contribution >= 4 is 19.4 Å². The number of carbonyl (C=O) groups is 2. The third kappa shape index (κ3) is 15.9. The van der Waals surface area contributed by atoms with E-state index in [2.05, 4.69) is 23.8 Å². The number of nitrogens with zero attached hydrogens (tertiary/aromatic N) is 1. The topological polar surface area (TPSA) is 110 Å². The summed E-state index contributed by atoms with van der Waals surface area (Å²) in [7, 11) is -2.58. The first-order valence-electron chi connectivity index (χ1n) is 10.7. The second kappa shape index (κ2) is 19.2. The van der Waals surface area contributed by atoms with Gasteiger partial charge in [0.05, 0.1) is 13.0 Å². The van der Waals surface area contributed by atoms with Crippen LogP contribution in [0.1, 0.15) is 96.8 Å². The van der Waals surface area contributed by atoms with Crippen LogP contribution in [0.25, 0.3) is 0 Å². The zero-order valence-corrected chi connectivity index (χ0v) is 18.2. The molecule has 28 heavy (non-hydrogen) atoms. The third-order valence-corrected chi connectivity index (χ3v) is 5.71. The van der Waals surface area contributed by atoms with Gasteiger partial charge >= 0.3 is 11.5 Å². The molecule has 0 saturated carbocycles. The van der Waals surface area contributed by atoms with Gasteiger partial charge in [0.1, 0.15) is 0 Å². The molecule has 2 N–H and O–H groups in total. The minimum atomic E-state index is -2.58. The highest BCUT2D eigenvalue weighted by molar-refractivity contribution is 7.59. The van der Waals surface area contributed by atoms with Gasteiger partial charge in [-0.1, -0.05) is 75.2 Å². The Hall–Kier alpha value is -1.10. The quantitative estimate of drug-likeness (QED) is 0.176. The van der Waals surface area contributed by atoms with Crippen molar-refractivity contribution in [1.82, 2.24) is 0 Å². The van der Waals surface area contributed by atoms with Gasteiger partial charge in [-0.3, -0.25) is 0 Å². The Labute approximate surface area is 171 Å². The molecule has 0 bridgehead atoms. The first-order valence-corrected chi connectivity index (χ1v) is 11.9. The normalized spacial score (nSPS) is 13.2. The number of carboxylic acids is 1. The summed E-state index contributed by atoms with van der Waals surface area (Å²) in [5.41, 5.74) is -0.535. The highest BCUT2D eigenvalue weighted by Crippen LogP contribution is 2.22. The average molecular weight is 416 g/mol. The SMILES string of the molecule is CCCCCCCCC=CCCCCCCCC(=O)[P+]([O-])=N[C@@H](CO)C(=O)O. The van der Waals surface area contributed by atoms with E-state index in [1.54, 1.807) is 0 Å².